The van der Waals surface area contributed by atoms with E-state index in [1.165, 1.54) is 5.56 Å². The van der Waals surface area contributed by atoms with Crippen molar-refractivity contribution in [3.8, 4) is 0 Å². The largest absolute Gasteiger partial charge is 0.317 e. The molecule has 1 aromatic rings. The normalized spacial score (nSPS) is 12.6. The van der Waals surface area contributed by atoms with Crippen LogP contribution in [0.3, 0.4) is 0 Å². The van der Waals surface area contributed by atoms with Crippen LogP contribution in [0.15, 0.2) is 30.3 Å². The van der Waals surface area contributed by atoms with Crippen molar-refractivity contribution >= 4 is 10.8 Å². The summed E-state index contributed by atoms with van der Waals surface area (Å²) >= 11 is 0. The summed E-state index contributed by atoms with van der Waals surface area (Å²) in [6.45, 7) is 4.19. The van der Waals surface area contributed by atoms with Crippen molar-refractivity contribution in [3.63, 3.8) is 0 Å². The molecule has 0 saturated heterocycles. The number of benzene rings is 1. The molecular weight excluding hydrogens is 218 g/mol. The fourth-order valence-electron chi connectivity index (χ4n) is 1.49. The van der Waals surface area contributed by atoms with Crippen molar-refractivity contribution in [1.82, 2.24) is 5.32 Å². The SMILES string of the molecule is CCCNCCCS(=O)Cc1ccccc1. The van der Waals surface area contributed by atoms with Crippen molar-refractivity contribution in [1.29, 1.82) is 0 Å². The lowest BCUT2D eigenvalue weighted by atomic mass is 10.2. The zero-order valence-corrected chi connectivity index (χ0v) is 10.8. The molecule has 0 fully saturated rings. The predicted molar refractivity (Wildman–Crippen MR) is 70.9 cm³/mol. The van der Waals surface area contributed by atoms with E-state index in [1.807, 2.05) is 30.3 Å². The highest BCUT2D eigenvalue weighted by molar-refractivity contribution is 7.84. The maximum atomic E-state index is 11.7. The molecule has 1 rings (SSSR count). The van der Waals surface area contributed by atoms with E-state index in [0.29, 0.717) is 5.75 Å². The van der Waals surface area contributed by atoms with Gasteiger partial charge in [0.2, 0.25) is 0 Å². The lowest BCUT2D eigenvalue weighted by molar-refractivity contribution is 0.652. The van der Waals surface area contributed by atoms with Crippen LogP contribution in [0.2, 0.25) is 0 Å². The first-order valence-corrected chi connectivity index (χ1v) is 7.41. The van der Waals surface area contributed by atoms with Crippen molar-refractivity contribution < 1.29 is 4.21 Å². The number of hydrogen-bond donors (Lipinski definition) is 1. The first kappa shape index (κ1) is 13.4. The average Bonchev–Trinajstić information content (AvgIpc) is 2.30. The molecule has 1 unspecified atom stereocenters. The molecule has 0 aliphatic heterocycles. The predicted octanol–water partition coefficient (Wildman–Crippen LogP) is 2.33. The Morgan fingerprint density at radius 1 is 1.19 bits per heavy atom. The van der Waals surface area contributed by atoms with Gasteiger partial charge in [0.15, 0.2) is 0 Å². The van der Waals surface area contributed by atoms with Crippen LogP contribution in [0.5, 0.6) is 0 Å². The molecule has 2 nitrogen and oxygen atoms in total. The second-order valence-corrected chi connectivity index (χ2v) is 5.45. The zero-order chi connectivity index (χ0) is 11.6. The molecule has 1 aromatic carbocycles. The van der Waals surface area contributed by atoms with E-state index < -0.39 is 10.8 Å². The maximum absolute atomic E-state index is 11.7. The number of nitrogens with one attached hydrogen (secondary N) is 1. The topological polar surface area (TPSA) is 29.1 Å². The van der Waals surface area contributed by atoms with E-state index in [9.17, 15) is 4.21 Å². The number of rotatable bonds is 8. The molecule has 0 bridgehead atoms. The summed E-state index contributed by atoms with van der Waals surface area (Å²) in [5.41, 5.74) is 1.17. The first-order chi connectivity index (χ1) is 7.83. The summed E-state index contributed by atoms with van der Waals surface area (Å²) in [6, 6.07) is 10.0. The maximum Gasteiger partial charge on any atom is 0.0485 e. The van der Waals surface area contributed by atoms with Gasteiger partial charge in [0.1, 0.15) is 0 Å². The molecule has 0 aliphatic rings. The van der Waals surface area contributed by atoms with Gasteiger partial charge < -0.3 is 5.32 Å². The second-order valence-electron chi connectivity index (χ2n) is 3.88. The Labute approximate surface area is 101 Å². The Morgan fingerprint density at radius 3 is 2.62 bits per heavy atom. The van der Waals surface area contributed by atoms with E-state index in [2.05, 4.69) is 12.2 Å². The summed E-state index contributed by atoms with van der Waals surface area (Å²) < 4.78 is 11.7. The van der Waals surface area contributed by atoms with Crippen LogP contribution in [-0.4, -0.2) is 23.1 Å². The average molecular weight is 239 g/mol. The van der Waals surface area contributed by atoms with Crippen LogP contribution in [0.25, 0.3) is 0 Å². The monoisotopic (exact) mass is 239 g/mol. The standard InChI is InChI=1S/C13H21NOS/c1-2-9-14-10-6-11-16(15)12-13-7-4-3-5-8-13/h3-5,7-8,14H,2,6,9-12H2,1H3. The minimum atomic E-state index is -0.716. The Morgan fingerprint density at radius 2 is 1.94 bits per heavy atom. The fraction of sp³-hybridized carbons (Fsp3) is 0.538. The van der Waals surface area contributed by atoms with Crippen LogP contribution in [0.1, 0.15) is 25.3 Å². The summed E-state index contributed by atoms with van der Waals surface area (Å²) in [5, 5.41) is 3.32. The van der Waals surface area contributed by atoms with Gasteiger partial charge in [0, 0.05) is 22.3 Å². The molecule has 16 heavy (non-hydrogen) atoms. The molecule has 90 valence electrons. The van der Waals surface area contributed by atoms with Gasteiger partial charge in [-0.1, -0.05) is 37.3 Å². The molecule has 1 atom stereocenters. The molecule has 0 aromatic heterocycles. The molecule has 0 spiro atoms. The summed E-state index contributed by atoms with van der Waals surface area (Å²) in [4.78, 5) is 0. The molecular formula is C13H21NOS. The van der Waals surface area contributed by atoms with Gasteiger partial charge in [-0.25, -0.2) is 0 Å². The Hall–Kier alpha value is -0.670. The van der Waals surface area contributed by atoms with E-state index in [-0.39, 0.29) is 0 Å². The highest BCUT2D eigenvalue weighted by atomic mass is 32.2. The van der Waals surface area contributed by atoms with Crippen molar-refractivity contribution in [2.75, 3.05) is 18.8 Å². The van der Waals surface area contributed by atoms with Crippen molar-refractivity contribution in [3.05, 3.63) is 35.9 Å². The van der Waals surface area contributed by atoms with Gasteiger partial charge in [-0.15, -0.1) is 0 Å². The quantitative estimate of drug-likeness (QED) is 0.705. The highest BCUT2D eigenvalue weighted by Gasteiger charge is 2.00. The summed E-state index contributed by atoms with van der Waals surface area (Å²) in [6.07, 6.45) is 2.16. The Balaban J connectivity index is 2.12. The van der Waals surface area contributed by atoms with Crippen molar-refractivity contribution in [2.45, 2.75) is 25.5 Å². The zero-order valence-electron chi connectivity index (χ0n) is 9.95. The van der Waals surface area contributed by atoms with E-state index in [1.54, 1.807) is 0 Å². The minimum absolute atomic E-state index is 0.689. The van der Waals surface area contributed by atoms with Crippen LogP contribution in [0, 0.1) is 0 Å². The third kappa shape index (κ3) is 6.03. The van der Waals surface area contributed by atoms with E-state index >= 15 is 0 Å². The van der Waals surface area contributed by atoms with Gasteiger partial charge in [-0.05, 0) is 31.5 Å². The van der Waals surface area contributed by atoms with E-state index in [0.717, 1.165) is 31.7 Å². The van der Waals surface area contributed by atoms with Crippen molar-refractivity contribution in [2.24, 2.45) is 0 Å². The molecule has 0 amide bonds. The van der Waals surface area contributed by atoms with E-state index in [4.69, 9.17) is 0 Å². The van der Waals surface area contributed by atoms with Gasteiger partial charge in [-0.2, -0.15) is 0 Å². The fourth-order valence-corrected chi connectivity index (χ4v) is 2.67. The lowest BCUT2D eigenvalue weighted by Gasteiger charge is -2.04. The summed E-state index contributed by atoms with van der Waals surface area (Å²) in [7, 11) is -0.716. The Bertz CT molecular complexity index is 300. The van der Waals surface area contributed by atoms with Crippen LogP contribution in [0.4, 0.5) is 0 Å². The van der Waals surface area contributed by atoms with Gasteiger partial charge in [0.25, 0.3) is 0 Å². The molecule has 0 saturated carbocycles. The molecule has 0 heterocycles. The highest BCUT2D eigenvalue weighted by Crippen LogP contribution is 2.03. The molecule has 0 aliphatic carbocycles. The number of hydrogen-bond acceptors (Lipinski definition) is 2. The third-order valence-corrected chi connectivity index (χ3v) is 3.72. The van der Waals surface area contributed by atoms with Gasteiger partial charge >= 0.3 is 0 Å². The second kappa shape index (κ2) is 8.48. The van der Waals surface area contributed by atoms with Crippen LogP contribution in [-0.2, 0) is 16.6 Å². The first-order valence-electron chi connectivity index (χ1n) is 5.92. The van der Waals surface area contributed by atoms with Gasteiger partial charge in [0.05, 0.1) is 0 Å². The lowest BCUT2D eigenvalue weighted by Crippen LogP contribution is -2.18. The van der Waals surface area contributed by atoms with Gasteiger partial charge in [-0.3, -0.25) is 4.21 Å². The third-order valence-electron chi connectivity index (χ3n) is 2.32. The molecule has 1 N–H and O–H groups in total. The minimum Gasteiger partial charge on any atom is -0.317 e. The molecule has 3 heteroatoms. The molecule has 0 radical (unpaired) electrons. The van der Waals surface area contributed by atoms with Crippen LogP contribution < -0.4 is 5.32 Å². The Kier molecular flexibility index (Phi) is 7.10. The summed E-state index contributed by atoms with van der Waals surface area (Å²) in [5.74, 6) is 1.49. The van der Waals surface area contributed by atoms with Crippen LogP contribution >= 0.6 is 0 Å². The smallest absolute Gasteiger partial charge is 0.0485 e.